The van der Waals surface area contributed by atoms with Gasteiger partial charge in [0, 0.05) is 25.2 Å². The van der Waals surface area contributed by atoms with E-state index in [1.165, 1.54) is 0 Å². The van der Waals surface area contributed by atoms with Gasteiger partial charge in [0.2, 0.25) is 11.8 Å². The van der Waals surface area contributed by atoms with Crippen molar-refractivity contribution in [1.82, 2.24) is 25.3 Å². The first-order valence-electron chi connectivity index (χ1n) is 12.9. The Morgan fingerprint density at radius 3 is 2.43 bits per heavy atom. The number of piperazine rings is 1. The molecule has 2 atom stereocenters. The van der Waals surface area contributed by atoms with Gasteiger partial charge in [-0.3, -0.25) is 19.6 Å². The average Bonchev–Trinajstić information content (AvgIpc) is 3.17. The second kappa shape index (κ2) is 10.7. The summed E-state index contributed by atoms with van der Waals surface area (Å²) in [6.45, 7) is 10.3. The molecule has 0 aliphatic carbocycles. The van der Waals surface area contributed by atoms with Crippen molar-refractivity contribution in [1.29, 1.82) is 0 Å². The van der Waals surface area contributed by atoms with E-state index in [0.29, 0.717) is 50.0 Å². The zero-order valence-electron chi connectivity index (χ0n) is 21.3. The third kappa shape index (κ3) is 4.98. The summed E-state index contributed by atoms with van der Waals surface area (Å²) in [6.07, 6.45) is 3.75. The highest BCUT2D eigenvalue weighted by Gasteiger charge is 2.54. The van der Waals surface area contributed by atoms with Gasteiger partial charge in [0.1, 0.15) is 16.7 Å². The molecule has 1 spiro atoms. The maximum Gasteiger partial charge on any atom is 0.246 e. The second-order valence-electron chi connectivity index (χ2n) is 10.4. The van der Waals surface area contributed by atoms with E-state index >= 15 is 0 Å². The zero-order valence-corrected chi connectivity index (χ0v) is 22.1. The van der Waals surface area contributed by atoms with Crippen LogP contribution in [-0.2, 0) is 9.59 Å². The molecular formula is C27H38ClN5O2. The van der Waals surface area contributed by atoms with Gasteiger partial charge in [0.05, 0.1) is 11.7 Å². The van der Waals surface area contributed by atoms with Crippen molar-refractivity contribution < 1.29 is 9.59 Å². The lowest BCUT2D eigenvalue weighted by molar-refractivity contribution is -0.162. The van der Waals surface area contributed by atoms with E-state index in [-0.39, 0.29) is 17.9 Å². The molecule has 1 aromatic heterocycles. The maximum atomic E-state index is 13.6. The van der Waals surface area contributed by atoms with Crippen LogP contribution in [0.1, 0.15) is 75.7 Å². The Morgan fingerprint density at radius 2 is 1.86 bits per heavy atom. The van der Waals surface area contributed by atoms with Gasteiger partial charge in [0.15, 0.2) is 0 Å². The number of likely N-dealkylation sites (tertiary alicyclic amines) is 1. The van der Waals surface area contributed by atoms with Crippen molar-refractivity contribution in [2.24, 2.45) is 5.92 Å². The lowest BCUT2D eigenvalue weighted by atomic mass is 9.79. The number of rotatable bonds is 8. The van der Waals surface area contributed by atoms with Crippen LogP contribution in [0.3, 0.4) is 0 Å². The van der Waals surface area contributed by atoms with E-state index in [1.807, 2.05) is 30.0 Å². The summed E-state index contributed by atoms with van der Waals surface area (Å²) >= 11 is 6.57. The monoisotopic (exact) mass is 499 g/mol. The molecule has 2 aliphatic rings. The molecule has 4 rings (SSSR count). The van der Waals surface area contributed by atoms with E-state index < -0.39 is 11.6 Å². The van der Waals surface area contributed by atoms with E-state index in [1.54, 1.807) is 0 Å². The first-order chi connectivity index (χ1) is 16.8. The third-order valence-electron chi connectivity index (χ3n) is 7.58. The van der Waals surface area contributed by atoms with Crippen LogP contribution < -0.4 is 5.32 Å². The number of aromatic amines is 1. The summed E-state index contributed by atoms with van der Waals surface area (Å²) < 4.78 is 0. The van der Waals surface area contributed by atoms with Crippen LogP contribution >= 0.6 is 11.6 Å². The molecule has 0 saturated carbocycles. The maximum absolute atomic E-state index is 13.6. The number of carbonyl (C=O) groups is 2. The number of H-pyrrole nitrogens is 1. The summed E-state index contributed by atoms with van der Waals surface area (Å²) in [5, 5.41) is 10.9. The molecule has 2 N–H and O–H groups in total. The standard InChI is InChI=1S/C27H38ClN5O2/c1-5-6-14-33-25(34)21(17-18(2)3)29-26(35)27(33)12-15-32(16-13-27)23(20-10-8-7-9-11-20)22-19(4)30-31-24(22)28/h7-11,18,21,23H,5-6,12-17H2,1-4H3,(H,29,35)(H,30,31). The molecule has 0 radical (unpaired) electrons. The highest BCUT2D eigenvalue weighted by atomic mass is 35.5. The van der Waals surface area contributed by atoms with Crippen LogP contribution in [0.4, 0.5) is 0 Å². The predicted octanol–water partition coefficient (Wildman–Crippen LogP) is 4.47. The largest absolute Gasteiger partial charge is 0.342 e. The third-order valence-corrected chi connectivity index (χ3v) is 7.87. The molecule has 35 heavy (non-hydrogen) atoms. The number of nitrogens with one attached hydrogen (secondary N) is 2. The van der Waals surface area contributed by atoms with Crippen LogP contribution in [-0.4, -0.2) is 63.0 Å². The quantitative estimate of drug-likeness (QED) is 0.561. The molecule has 2 aliphatic heterocycles. The number of unbranched alkanes of at least 4 members (excludes halogenated alkanes) is 1. The van der Waals surface area contributed by atoms with Crippen molar-refractivity contribution in [3.8, 4) is 0 Å². The lowest BCUT2D eigenvalue weighted by Gasteiger charge is -2.52. The number of carbonyl (C=O) groups excluding carboxylic acids is 2. The number of nitrogens with zero attached hydrogens (tertiary/aromatic N) is 3. The van der Waals surface area contributed by atoms with Gasteiger partial charge in [-0.2, -0.15) is 5.10 Å². The smallest absolute Gasteiger partial charge is 0.246 e. The summed E-state index contributed by atoms with van der Waals surface area (Å²) in [6, 6.07) is 9.80. The van der Waals surface area contributed by atoms with E-state index in [0.717, 1.165) is 29.7 Å². The number of benzene rings is 1. The van der Waals surface area contributed by atoms with Crippen molar-refractivity contribution in [2.45, 2.75) is 77.4 Å². The van der Waals surface area contributed by atoms with E-state index in [9.17, 15) is 9.59 Å². The minimum absolute atomic E-state index is 0.00675. The van der Waals surface area contributed by atoms with Crippen LogP contribution in [0.25, 0.3) is 0 Å². The Labute approximate surface area is 213 Å². The SMILES string of the molecule is CCCCN1C(=O)C(CC(C)C)NC(=O)C12CCN(C(c1ccccc1)c1c(C)n[nH]c1Cl)CC2. The van der Waals surface area contributed by atoms with Gasteiger partial charge < -0.3 is 10.2 Å². The van der Waals surface area contributed by atoms with Crippen LogP contribution in [0.2, 0.25) is 5.15 Å². The Balaban J connectivity index is 1.62. The molecule has 8 heteroatoms. The van der Waals surface area contributed by atoms with Gasteiger partial charge >= 0.3 is 0 Å². The molecule has 2 fully saturated rings. The number of hydrogen-bond donors (Lipinski definition) is 2. The minimum Gasteiger partial charge on any atom is -0.342 e. The van der Waals surface area contributed by atoms with Crippen LogP contribution in [0.5, 0.6) is 0 Å². The van der Waals surface area contributed by atoms with Gasteiger partial charge in [0.25, 0.3) is 0 Å². The van der Waals surface area contributed by atoms with Crippen molar-refractivity contribution >= 4 is 23.4 Å². The summed E-state index contributed by atoms with van der Waals surface area (Å²) in [4.78, 5) is 31.5. The molecule has 2 unspecified atom stereocenters. The van der Waals surface area contributed by atoms with E-state index in [2.05, 4.69) is 53.3 Å². The molecule has 7 nitrogen and oxygen atoms in total. The van der Waals surface area contributed by atoms with Crippen LogP contribution in [0.15, 0.2) is 30.3 Å². The van der Waals surface area contributed by atoms with Crippen LogP contribution in [0, 0.1) is 12.8 Å². The van der Waals surface area contributed by atoms with Crippen molar-refractivity contribution in [2.75, 3.05) is 19.6 Å². The number of aromatic nitrogens is 2. The minimum atomic E-state index is -0.785. The lowest BCUT2D eigenvalue weighted by Crippen LogP contribution is -2.73. The first kappa shape index (κ1) is 25.7. The fourth-order valence-corrected chi connectivity index (χ4v) is 6.00. The molecular weight excluding hydrogens is 462 g/mol. The topological polar surface area (TPSA) is 81.3 Å². The highest BCUT2D eigenvalue weighted by molar-refractivity contribution is 6.30. The highest BCUT2D eigenvalue weighted by Crippen LogP contribution is 2.40. The summed E-state index contributed by atoms with van der Waals surface area (Å²) in [7, 11) is 0. The van der Waals surface area contributed by atoms with Gasteiger partial charge in [-0.15, -0.1) is 0 Å². The number of halogens is 1. The van der Waals surface area contributed by atoms with Gasteiger partial charge in [-0.05, 0) is 44.1 Å². The number of piperidine rings is 1. The summed E-state index contributed by atoms with van der Waals surface area (Å²) in [5.74, 6) is 0.420. The number of aryl methyl sites for hydroxylation is 1. The molecule has 0 bridgehead atoms. The summed E-state index contributed by atoms with van der Waals surface area (Å²) in [5.41, 5.74) is 2.19. The van der Waals surface area contributed by atoms with Gasteiger partial charge in [-0.25, -0.2) is 0 Å². The first-order valence-corrected chi connectivity index (χ1v) is 13.3. The number of hydrogen-bond acceptors (Lipinski definition) is 4. The number of amides is 2. The average molecular weight is 500 g/mol. The molecule has 2 saturated heterocycles. The van der Waals surface area contributed by atoms with Crippen molar-refractivity contribution in [3.05, 3.63) is 52.3 Å². The Hall–Kier alpha value is -2.38. The predicted molar refractivity (Wildman–Crippen MR) is 138 cm³/mol. The molecule has 190 valence electrons. The fraction of sp³-hybridized carbons (Fsp3) is 0.593. The van der Waals surface area contributed by atoms with Crippen molar-refractivity contribution in [3.63, 3.8) is 0 Å². The van der Waals surface area contributed by atoms with Gasteiger partial charge in [-0.1, -0.05) is 69.1 Å². The zero-order chi connectivity index (χ0) is 25.2. The Morgan fingerprint density at radius 1 is 1.17 bits per heavy atom. The fourth-order valence-electron chi connectivity index (χ4n) is 5.72. The Kier molecular flexibility index (Phi) is 7.86. The molecule has 1 aromatic carbocycles. The van der Waals surface area contributed by atoms with E-state index in [4.69, 9.17) is 11.6 Å². The second-order valence-corrected chi connectivity index (χ2v) is 10.8. The molecule has 2 aromatic rings. The Bertz CT molecular complexity index is 1010. The normalized spacial score (nSPS) is 21.5. The molecule has 2 amide bonds. The molecule has 3 heterocycles.